The number of nitrogens with two attached hydrogens (primary N) is 1. The zero-order valence-electron chi connectivity index (χ0n) is 15.6. The third kappa shape index (κ3) is 3.25. The van der Waals surface area contributed by atoms with Gasteiger partial charge in [-0.3, -0.25) is 14.5 Å². The van der Waals surface area contributed by atoms with Gasteiger partial charge < -0.3 is 10.6 Å². The maximum absolute atomic E-state index is 13.1. The van der Waals surface area contributed by atoms with E-state index >= 15 is 0 Å². The van der Waals surface area contributed by atoms with Crippen LogP contribution in [0.3, 0.4) is 0 Å². The van der Waals surface area contributed by atoms with Crippen LogP contribution in [0.4, 0.5) is 0 Å². The van der Waals surface area contributed by atoms with E-state index in [1.54, 1.807) is 12.1 Å². The molecule has 1 saturated heterocycles. The van der Waals surface area contributed by atoms with Crippen molar-refractivity contribution >= 4 is 11.8 Å². The second-order valence-corrected chi connectivity index (χ2v) is 8.11. The van der Waals surface area contributed by atoms with Gasteiger partial charge in [0.2, 0.25) is 11.8 Å². The van der Waals surface area contributed by atoms with Gasteiger partial charge in [-0.15, -0.1) is 0 Å². The first-order chi connectivity index (χ1) is 12.6. The molecule has 0 bridgehead atoms. The molecule has 1 heterocycles. The van der Waals surface area contributed by atoms with Crippen LogP contribution in [0, 0.1) is 5.92 Å². The number of primary amides is 1. The third-order valence-electron chi connectivity index (χ3n) is 6.59. The Hall–Kier alpha value is -1.88. The molecule has 0 aromatic heterocycles. The monoisotopic (exact) mass is 355 g/mol. The average molecular weight is 355 g/mol. The molecule has 3 aliphatic rings. The number of nitrogens with zero attached hydrogens (tertiary/aromatic N) is 2. The molecule has 1 aromatic rings. The number of carbonyl (C=O) groups is 2. The normalized spacial score (nSPS) is 29.3. The first-order valence-electron chi connectivity index (χ1n) is 10.0. The minimum atomic E-state index is -0.407. The quantitative estimate of drug-likeness (QED) is 0.882. The van der Waals surface area contributed by atoms with Crippen molar-refractivity contribution in [2.24, 2.45) is 11.7 Å². The second-order valence-electron chi connectivity index (χ2n) is 8.11. The molecule has 2 aliphatic carbocycles. The minimum Gasteiger partial charge on any atom is -0.366 e. The molecule has 4 rings (SSSR count). The van der Waals surface area contributed by atoms with Crippen molar-refractivity contribution in [2.75, 3.05) is 19.6 Å². The molecule has 3 atom stereocenters. The van der Waals surface area contributed by atoms with Gasteiger partial charge in [0.05, 0.1) is 0 Å². The average Bonchev–Trinajstić information content (AvgIpc) is 3.40. The van der Waals surface area contributed by atoms with Gasteiger partial charge in [-0.1, -0.05) is 25.5 Å². The van der Waals surface area contributed by atoms with Crippen molar-refractivity contribution in [1.29, 1.82) is 0 Å². The summed E-state index contributed by atoms with van der Waals surface area (Å²) in [7, 11) is 0. The Kier molecular flexibility index (Phi) is 4.74. The lowest BCUT2D eigenvalue weighted by Gasteiger charge is -2.47. The second kappa shape index (κ2) is 7.03. The lowest BCUT2D eigenvalue weighted by atomic mass is 9.90. The predicted octanol–water partition coefficient (Wildman–Crippen LogP) is 2.36. The van der Waals surface area contributed by atoms with E-state index in [-0.39, 0.29) is 5.92 Å². The maximum atomic E-state index is 13.1. The van der Waals surface area contributed by atoms with Gasteiger partial charge in [-0.05, 0) is 49.3 Å². The van der Waals surface area contributed by atoms with E-state index in [1.807, 2.05) is 12.1 Å². The maximum Gasteiger partial charge on any atom is 0.248 e. The number of amides is 2. The highest BCUT2D eigenvalue weighted by atomic mass is 16.2. The molecular formula is C21H29N3O2. The van der Waals surface area contributed by atoms with Crippen molar-refractivity contribution in [1.82, 2.24) is 9.80 Å². The molecule has 0 radical (unpaired) electrons. The fourth-order valence-corrected chi connectivity index (χ4v) is 4.55. The van der Waals surface area contributed by atoms with E-state index < -0.39 is 5.91 Å². The van der Waals surface area contributed by atoms with Crippen LogP contribution < -0.4 is 5.73 Å². The van der Waals surface area contributed by atoms with E-state index in [9.17, 15) is 9.59 Å². The van der Waals surface area contributed by atoms with Crippen molar-refractivity contribution < 1.29 is 9.59 Å². The fraction of sp³-hybridized carbons (Fsp3) is 0.619. The molecule has 1 aliphatic heterocycles. The molecule has 2 amide bonds. The predicted molar refractivity (Wildman–Crippen MR) is 101 cm³/mol. The SMILES string of the molecule is CC[C@H]1CN(C2CCC2)CCN1C(=O)C1CC1c1ccc(C(N)=O)cc1. The molecule has 2 unspecified atom stereocenters. The van der Waals surface area contributed by atoms with Gasteiger partial charge in [0.15, 0.2) is 0 Å². The van der Waals surface area contributed by atoms with Crippen LogP contribution in [0.1, 0.15) is 60.9 Å². The van der Waals surface area contributed by atoms with Gasteiger partial charge in [0.1, 0.15) is 0 Å². The first kappa shape index (κ1) is 17.5. The van der Waals surface area contributed by atoms with Gasteiger partial charge in [0, 0.05) is 43.2 Å². The van der Waals surface area contributed by atoms with Gasteiger partial charge in [-0.25, -0.2) is 0 Å². The Bertz CT molecular complexity index is 683. The highest BCUT2D eigenvalue weighted by molar-refractivity contribution is 5.92. The van der Waals surface area contributed by atoms with E-state index in [0.717, 1.165) is 44.1 Å². The standard InChI is InChI=1S/C21H29N3O2/c1-2-16-13-23(17-4-3-5-17)10-11-24(16)21(26)19-12-18(19)14-6-8-15(9-7-14)20(22)25/h6-9,16-19H,2-5,10-13H2,1H3,(H2,22,25)/t16-,18?,19?/m0/s1. The summed E-state index contributed by atoms with van der Waals surface area (Å²) in [6, 6.07) is 8.55. The highest BCUT2D eigenvalue weighted by Gasteiger charge is 2.47. The van der Waals surface area contributed by atoms with Crippen LogP contribution >= 0.6 is 0 Å². The Balaban J connectivity index is 1.38. The number of carbonyl (C=O) groups excluding carboxylic acids is 2. The van der Waals surface area contributed by atoms with Gasteiger partial charge in [-0.2, -0.15) is 0 Å². The van der Waals surface area contributed by atoms with Crippen molar-refractivity contribution in [3.05, 3.63) is 35.4 Å². The van der Waals surface area contributed by atoms with Crippen LogP contribution in [-0.4, -0.2) is 53.3 Å². The highest BCUT2D eigenvalue weighted by Crippen LogP contribution is 2.49. The smallest absolute Gasteiger partial charge is 0.248 e. The molecule has 26 heavy (non-hydrogen) atoms. The van der Waals surface area contributed by atoms with Crippen molar-refractivity contribution in [2.45, 2.75) is 57.0 Å². The first-order valence-corrected chi connectivity index (χ1v) is 10.0. The third-order valence-corrected chi connectivity index (χ3v) is 6.59. The van der Waals surface area contributed by atoms with Crippen LogP contribution in [0.25, 0.3) is 0 Å². The van der Waals surface area contributed by atoms with E-state index in [1.165, 1.54) is 19.3 Å². The largest absolute Gasteiger partial charge is 0.366 e. The van der Waals surface area contributed by atoms with E-state index in [4.69, 9.17) is 5.73 Å². The van der Waals surface area contributed by atoms with Gasteiger partial charge >= 0.3 is 0 Å². The van der Waals surface area contributed by atoms with Crippen molar-refractivity contribution in [3.63, 3.8) is 0 Å². The van der Waals surface area contributed by atoms with E-state index in [2.05, 4.69) is 16.7 Å². The Labute approximate surface area is 155 Å². The summed E-state index contributed by atoms with van der Waals surface area (Å²) in [5, 5.41) is 0. The number of hydrogen-bond acceptors (Lipinski definition) is 3. The minimum absolute atomic E-state index is 0.110. The Morgan fingerprint density at radius 2 is 1.88 bits per heavy atom. The summed E-state index contributed by atoms with van der Waals surface area (Å²) in [5.74, 6) is 0.328. The zero-order valence-corrected chi connectivity index (χ0v) is 15.6. The van der Waals surface area contributed by atoms with Crippen LogP contribution in [0.2, 0.25) is 0 Å². The van der Waals surface area contributed by atoms with Crippen LogP contribution in [-0.2, 0) is 4.79 Å². The molecule has 140 valence electrons. The van der Waals surface area contributed by atoms with Crippen LogP contribution in [0.5, 0.6) is 0 Å². The molecule has 0 spiro atoms. The zero-order chi connectivity index (χ0) is 18.3. The van der Waals surface area contributed by atoms with Gasteiger partial charge in [0.25, 0.3) is 0 Å². The molecular weight excluding hydrogens is 326 g/mol. The Morgan fingerprint density at radius 3 is 2.46 bits per heavy atom. The molecule has 1 aromatic carbocycles. The topological polar surface area (TPSA) is 66.6 Å². The fourth-order valence-electron chi connectivity index (χ4n) is 4.55. The lowest BCUT2D eigenvalue weighted by Crippen LogP contribution is -2.58. The Morgan fingerprint density at radius 1 is 1.15 bits per heavy atom. The lowest BCUT2D eigenvalue weighted by molar-refractivity contribution is -0.138. The van der Waals surface area contributed by atoms with Crippen LogP contribution in [0.15, 0.2) is 24.3 Å². The summed E-state index contributed by atoms with van der Waals surface area (Å²) < 4.78 is 0. The number of rotatable bonds is 5. The number of benzene rings is 1. The van der Waals surface area contributed by atoms with E-state index in [0.29, 0.717) is 23.4 Å². The number of hydrogen-bond donors (Lipinski definition) is 1. The summed E-state index contributed by atoms with van der Waals surface area (Å²) in [6.45, 7) is 5.13. The molecule has 5 nitrogen and oxygen atoms in total. The van der Waals surface area contributed by atoms with Crippen molar-refractivity contribution in [3.8, 4) is 0 Å². The summed E-state index contributed by atoms with van der Waals surface area (Å²) >= 11 is 0. The summed E-state index contributed by atoms with van der Waals surface area (Å²) in [5.41, 5.74) is 6.97. The summed E-state index contributed by atoms with van der Waals surface area (Å²) in [4.78, 5) is 29.0. The number of piperazine rings is 1. The molecule has 2 saturated carbocycles. The summed E-state index contributed by atoms with van der Waals surface area (Å²) in [6.07, 6.45) is 5.97. The molecule has 3 fully saturated rings. The molecule has 5 heteroatoms. The molecule has 2 N–H and O–H groups in total.